The number of benzene rings is 2. The second-order valence-electron chi connectivity index (χ2n) is 7.11. The summed E-state index contributed by atoms with van der Waals surface area (Å²) in [6.07, 6.45) is -0.0500. The van der Waals surface area contributed by atoms with E-state index in [-0.39, 0.29) is 12.0 Å². The Labute approximate surface area is 176 Å². The number of nitrogens with zero attached hydrogens (tertiary/aromatic N) is 2. The summed E-state index contributed by atoms with van der Waals surface area (Å²) in [6, 6.07) is 11.3. The molecule has 1 aliphatic heterocycles. The summed E-state index contributed by atoms with van der Waals surface area (Å²) in [7, 11) is 3.21. The second-order valence-corrected chi connectivity index (χ2v) is 7.51. The Balaban J connectivity index is 1.73. The highest BCUT2D eigenvalue weighted by Gasteiger charge is 2.25. The predicted molar refractivity (Wildman–Crippen MR) is 115 cm³/mol. The maximum atomic E-state index is 13.0. The quantitative estimate of drug-likeness (QED) is 0.706. The number of amides is 1. The van der Waals surface area contributed by atoms with Gasteiger partial charge in [0.2, 0.25) is 0 Å². The van der Waals surface area contributed by atoms with E-state index in [0.717, 1.165) is 24.5 Å². The second kappa shape index (κ2) is 9.27. The van der Waals surface area contributed by atoms with Crippen molar-refractivity contribution in [1.29, 1.82) is 0 Å². The molecule has 1 fully saturated rings. The Kier molecular flexibility index (Phi) is 6.75. The molecule has 0 spiro atoms. The number of methoxy groups -OCH3 is 2. The Hall–Kier alpha value is -2.60. The first-order valence-corrected chi connectivity index (χ1v) is 10.0. The fourth-order valence-corrected chi connectivity index (χ4v) is 3.67. The van der Waals surface area contributed by atoms with Crippen molar-refractivity contribution in [2.75, 3.05) is 45.3 Å². The first-order valence-electron chi connectivity index (χ1n) is 9.66. The number of carbonyl (C=O) groups is 1. The van der Waals surface area contributed by atoms with Crippen LogP contribution in [0.3, 0.4) is 0 Å². The van der Waals surface area contributed by atoms with Crippen LogP contribution >= 0.6 is 11.6 Å². The number of halogens is 1. The first-order chi connectivity index (χ1) is 13.9. The summed E-state index contributed by atoms with van der Waals surface area (Å²) in [5.41, 5.74) is 1.54. The SMILES string of the molecule is COc1ccccc1N1CCN(C(=O)c2cc(Cl)c(OC(C)C)c(OC)c2)CC1. The molecule has 7 heteroatoms. The van der Waals surface area contributed by atoms with Gasteiger partial charge in [-0.3, -0.25) is 4.79 Å². The average Bonchev–Trinajstić information content (AvgIpc) is 2.74. The molecule has 0 aromatic heterocycles. The summed E-state index contributed by atoms with van der Waals surface area (Å²) in [5, 5.41) is 0.369. The van der Waals surface area contributed by atoms with Crippen LogP contribution in [0.15, 0.2) is 36.4 Å². The van der Waals surface area contributed by atoms with Gasteiger partial charge < -0.3 is 24.0 Å². The number of carbonyl (C=O) groups excluding carboxylic acids is 1. The molecular weight excluding hydrogens is 392 g/mol. The van der Waals surface area contributed by atoms with Gasteiger partial charge in [0.1, 0.15) is 5.75 Å². The highest BCUT2D eigenvalue weighted by Crippen LogP contribution is 2.37. The standard InChI is InChI=1S/C22H27ClN2O4/c1-15(2)29-21-17(23)13-16(14-20(21)28-4)22(26)25-11-9-24(10-12-25)18-7-5-6-8-19(18)27-3/h5-8,13-15H,9-12H2,1-4H3. The largest absolute Gasteiger partial charge is 0.495 e. The van der Waals surface area contributed by atoms with E-state index in [0.29, 0.717) is 35.2 Å². The zero-order valence-electron chi connectivity index (χ0n) is 17.3. The third kappa shape index (κ3) is 4.70. The van der Waals surface area contributed by atoms with Crippen molar-refractivity contribution in [3.8, 4) is 17.2 Å². The Bertz CT molecular complexity index is 864. The molecule has 3 rings (SSSR count). The molecule has 0 N–H and O–H groups in total. The highest BCUT2D eigenvalue weighted by molar-refractivity contribution is 6.32. The lowest BCUT2D eigenvalue weighted by atomic mass is 10.1. The van der Waals surface area contributed by atoms with Crippen molar-refractivity contribution in [3.63, 3.8) is 0 Å². The van der Waals surface area contributed by atoms with Crippen LogP contribution in [-0.2, 0) is 0 Å². The molecule has 1 heterocycles. The number of anilines is 1. The monoisotopic (exact) mass is 418 g/mol. The molecule has 0 saturated carbocycles. The maximum Gasteiger partial charge on any atom is 0.254 e. The van der Waals surface area contributed by atoms with Gasteiger partial charge in [-0.1, -0.05) is 23.7 Å². The number of rotatable bonds is 6. The van der Waals surface area contributed by atoms with Crippen LogP contribution in [0.1, 0.15) is 24.2 Å². The van der Waals surface area contributed by atoms with Crippen molar-refractivity contribution >= 4 is 23.2 Å². The van der Waals surface area contributed by atoms with Crippen LogP contribution in [-0.4, -0.2) is 57.3 Å². The summed E-state index contributed by atoms with van der Waals surface area (Å²) >= 11 is 6.38. The highest BCUT2D eigenvalue weighted by atomic mass is 35.5. The van der Waals surface area contributed by atoms with Gasteiger partial charge in [0.15, 0.2) is 11.5 Å². The average molecular weight is 419 g/mol. The third-order valence-electron chi connectivity index (χ3n) is 4.82. The summed E-state index contributed by atoms with van der Waals surface area (Å²) in [6.45, 7) is 6.51. The van der Waals surface area contributed by atoms with E-state index in [1.807, 2.05) is 43.0 Å². The number of hydrogen-bond donors (Lipinski definition) is 0. The molecule has 0 radical (unpaired) electrons. The molecule has 0 aliphatic carbocycles. The molecule has 2 aromatic carbocycles. The molecule has 0 bridgehead atoms. The van der Waals surface area contributed by atoms with Crippen molar-refractivity contribution in [2.24, 2.45) is 0 Å². The van der Waals surface area contributed by atoms with Gasteiger partial charge in [-0.25, -0.2) is 0 Å². The predicted octanol–water partition coefficient (Wildman–Crippen LogP) is 4.11. The summed E-state index contributed by atoms with van der Waals surface area (Å²) in [5.74, 6) is 1.69. The Morgan fingerprint density at radius 3 is 2.28 bits per heavy atom. The molecule has 2 aromatic rings. The van der Waals surface area contributed by atoms with Gasteiger partial charge in [-0.05, 0) is 38.1 Å². The van der Waals surface area contributed by atoms with Crippen LogP contribution in [0.2, 0.25) is 5.02 Å². The first kappa shape index (κ1) is 21.1. The molecule has 156 valence electrons. The lowest BCUT2D eigenvalue weighted by Crippen LogP contribution is -2.48. The summed E-state index contributed by atoms with van der Waals surface area (Å²) < 4.78 is 16.6. The molecule has 29 heavy (non-hydrogen) atoms. The lowest BCUT2D eigenvalue weighted by Gasteiger charge is -2.36. The lowest BCUT2D eigenvalue weighted by molar-refractivity contribution is 0.0746. The van der Waals surface area contributed by atoms with Gasteiger partial charge in [-0.15, -0.1) is 0 Å². The van der Waals surface area contributed by atoms with Gasteiger partial charge >= 0.3 is 0 Å². The van der Waals surface area contributed by atoms with Gasteiger partial charge in [0, 0.05) is 31.7 Å². The topological polar surface area (TPSA) is 51.2 Å². The normalized spacial score (nSPS) is 14.1. The van der Waals surface area contributed by atoms with Crippen molar-refractivity contribution in [2.45, 2.75) is 20.0 Å². The minimum absolute atomic E-state index is 0.0500. The van der Waals surface area contributed by atoms with E-state index < -0.39 is 0 Å². The van der Waals surface area contributed by atoms with E-state index in [1.54, 1.807) is 26.4 Å². The molecule has 1 saturated heterocycles. The van der Waals surface area contributed by atoms with E-state index >= 15 is 0 Å². The Morgan fingerprint density at radius 2 is 1.66 bits per heavy atom. The number of ether oxygens (including phenoxy) is 3. The number of para-hydroxylation sites is 2. The number of piperazine rings is 1. The van der Waals surface area contributed by atoms with Gasteiger partial charge in [-0.2, -0.15) is 0 Å². The van der Waals surface area contributed by atoms with Crippen molar-refractivity contribution < 1.29 is 19.0 Å². The molecule has 1 amide bonds. The number of hydrogen-bond acceptors (Lipinski definition) is 5. The third-order valence-corrected chi connectivity index (χ3v) is 5.10. The van der Waals surface area contributed by atoms with Crippen molar-refractivity contribution in [3.05, 3.63) is 47.0 Å². The molecule has 1 aliphatic rings. The van der Waals surface area contributed by atoms with Gasteiger partial charge in [0.25, 0.3) is 5.91 Å². The fourth-order valence-electron chi connectivity index (χ4n) is 3.42. The Morgan fingerprint density at radius 1 is 1.00 bits per heavy atom. The van der Waals surface area contributed by atoms with Crippen LogP contribution < -0.4 is 19.1 Å². The molecular formula is C22H27ClN2O4. The van der Waals surface area contributed by atoms with E-state index in [4.69, 9.17) is 25.8 Å². The van der Waals surface area contributed by atoms with Crippen LogP contribution in [0.5, 0.6) is 17.2 Å². The maximum absolute atomic E-state index is 13.0. The van der Waals surface area contributed by atoms with E-state index in [1.165, 1.54) is 0 Å². The molecule has 0 unspecified atom stereocenters. The minimum Gasteiger partial charge on any atom is -0.495 e. The zero-order chi connectivity index (χ0) is 21.0. The van der Waals surface area contributed by atoms with Crippen molar-refractivity contribution in [1.82, 2.24) is 4.90 Å². The summed E-state index contributed by atoms with van der Waals surface area (Å²) in [4.78, 5) is 17.1. The van der Waals surface area contributed by atoms with E-state index in [9.17, 15) is 4.79 Å². The fraction of sp³-hybridized carbons (Fsp3) is 0.409. The van der Waals surface area contributed by atoms with Gasteiger partial charge in [0.05, 0.1) is 31.0 Å². The molecule has 6 nitrogen and oxygen atoms in total. The zero-order valence-corrected chi connectivity index (χ0v) is 18.0. The van der Waals surface area contributed by atoms with Crippen LogP contribution in [0.25, 0.3) is 0 Å². The smallest absolute Gasteiger partial charge is 0.254 e. The molecule has 0 atom stereocenters. The van der Waals surface area contributed by atoms with Crippen LogP contribution in [0.4, 0.5) is 5.69 Å². The van der Waals surface area contributed by atoms with E-state index in [2.05, 4.69) is 4.90 Å². The van der Waals surface area contributed by atoms with Crippen LogP contribution in [0, 0.1) is 0 Å². The minimum atomic E-state index is -0.0685.